The second kappa shape index (κ2) is 5.69. The summed E-state index contributed by atoms with van der Waals surface area (Å²) < 4.78 is 5.36. The second-order valence-electron chi connectivity index (χ2n) is 4.83. The van der Waals surface area contributed by atoms with Crippen molar-refractivity contribution in [3.8, 4) is 0 Å². The summed E-state index contributed by atoms with van der Waals surface area (Å²) >= 11 is 1.50. The van der Waals surface area contributed by atoms with Gasteiger partial charge in [0, 0.05) is 6.04 Å². The average Bonchev–Trinajstić information content (AvgIpc) is 2.92. The maximum absolute atomic E-state index is 12.1. The van der Waals surface area contributed by atoms with Crippen molar-refractivity contribution in [1.29, 1.82) is 0 Å². The molecule has 2 atom stereocenters. The molecule has 2 heterocycles. The summed E-state index contributed by atoms with van der Waals surface area (Å²) in [7, 11) is 0. The van der Waals surface area contributed by atoms with Crippen LogP contribution in [0.3, 0.4) is 0 Å². The standard InChI is InChI=1S/C13H18N2O3S/c1-8(2)14-11(16)7-15-12(17)9(3)19-13(15)10-5-4-6-18-10/h4-6,8-9,13H,7H2,1-3H3,(H,14,16)/t9-,13-/m1/s1. The molecule has 0 unspecified atom stereocenters. The Labute approximate surface area is 116 Å². The van der Waals surface area contributed by atoms with Crippen LogP contribution >= 0.6 is 11.8 Å². The summed E-state index contributed by atoms with van der Waals surface area (Å²) in [6.07, 6.45) is 1.58. The van der Waals surface area contributed by atoms with Gasteiger partial charge in [0.1, 0.15) is 17.7 Å². The Balaban J connectivity index is 2.11. The summed E-state index contributed by atoms with van der Waals surface area (Å²) in [5.41, 5.74) is 0. The monoisotopic (exact) mass is 282 g/mol. The summed E-state index contributed by atoms with van der Waals surface area (Å²) in [6, 6.07) is 3.68. The Bertz CT molecular complexity index is 458. The van der Waals surface area contributed by atoms with Gasteiger partial charge in [0.05, 0.1) is 11.5 Å². The van der Waals surface area contributed by atoms with E-state index < -0.39 is 0 Å². The number of furan rings is 1. The number of thioether (sulfide) groups is 1. The zero-order valence-electron chi connectivity index (χ0n) is 11.3. The maximum atomic E-state index is 12.1. The quantitative estimate of drug-likeness (QED) is 0.914. The highest BCUT2D eigenvalue weighted by Gasteiger charge is 2.40. The molecule has 104 valence electrons. The minimum absolute atomic E-state index is 0.0229. The van der Waals surface area contributed by atoms with Crippen molar-refractivity contribution in [2.24, 2.45) is 0 Å². The Morgan fingerprint density at radius 3 is 2.89 bits per heavy atom. The van der Waals surface area contributed by atoms with Crippen molar-refractivity contribution in [2.75, 3.05) is 6.54 Å². The first-order chi connectivity index (χ1) is 8.99. The topological polar surface area (TPSA) is 62.6 Å². The van der Waals surface area contributed by atoms with E-state index >= 15 is 0 Å². The van der Waals surface area contributed by atoms with Crippen LogP contribution < -0.4 is 5.32 Å². The molecular formula is C13H18N2O3S. The Hall–Kier alpha value is -1.43. The van der Waals surface area contributed by atoms with E-state index in [9.17, 15) is 9.59 Å². The smallest absolute Gasteiger partial charge is 0.239 e. The highest BCUT2D eigenvalue weighted by atomic mass is 32.2. The minimum atomic E-state index is -0.213. The summed E-state index contributed by atoms with van der Waals surface area (Å²) in [4.78, 5) is 25.5. The van der Waals surface area contributed by atoms with Gasteiger partial charge >= 0.3 is 0 Å². The van der Waals surface area contributed by atoms with E-state index in [0.717, 1.165) is 0 Å². The van der Waals surface area contributed by atoms with Crippen molar-refractivity contribution in [1.82, 2.24) is 10.2 Å². The van der Waals surface area contributed by atoms with E-state index in [1.165, 1.54) is 11.8 Å². The minimum Gasteiger partial charge on any atom is -0.466 e. The van der Waals surface area contributed by atoms with Crippen molar-refractivity contribution < 1.29 is 14.0 Å². The molecule has 0 radical (unpaired) electrons. The van der Waals surface area contributed by atoms with Gasteiger partial charge in [-0.1, -0.05) is 0 Å². The van der Waals surface area contributed by atoms with Crippen LogP contribution in [0.25, 0.3) is 0 Å². The number of amides is 2. The molecule has 1 N–H and O–H groups in total. The third-order valence-electron chi connectivity index (χ3n) is 2.80. The van der Waals surface area contributed by atoms with Crippen LogP contribution in [-0.2, 0) is 9.59 Å². The van der Waals surface area contributed by atoms with Gasteiger partial charge in [0.25, 0.3) is 0 Å². The lowest BCUT2D eigenvalue weighted by Gasteiger charge is -2.22. The lowest BCUT2D eigenvalue weighted by molar-refractivity contribution is -0.135. The lowest BCUT2D eigenvalue weighted by atomic mass is 10.3. The molecule has 1 fully saturated rings. The van der Waals surface area contributed by atoms with E-state index in [0.29, 0.717) is 5.76 Å². The van der Waals surface area contributed by atoms with Crippen LogP contribution in [0.15, 0.2) is 22.8 Å². The molecule has 1 aliphatic rings. The lowest BCUT2D eigenvalue weighted by Crippen LogP contribution is -2.42. The molecule has 0 saturated carbocycles. The average molecular weight is 282 g/mol. The molecule has 0 aliphatic carbocycles. The predicted octanol–water partition coefficient (Wildman–Crippen LogP) is 1.77. The normalized spacial score (nSPS) is 23.2. The summed E-state index contributed by atoms with van der Waals surface area (Å²) in [5, 5.41) is 2.43. The van der Waals surface area contributed by atoms with Crippen LogP contribution in [0.4, 0.5) is 0 Å². The van der Waals surface area contributed by atoms with E-state index in [4.69, 9.17) is 4.42 Å². The van der Waals surface area contributed by atoms with Gasteiger partial charge in [-0.05, 0) is 32.9 Å². The van der Waals surface area contributed by atoms with Gasteiger partial charge in [-0.3, -0.25) is 9.59 Å². The Morgan fingerprint density at radius 2 is 2.32 bits per heavy atom. The SMILES string of the molecule is CC(C)NC(=O)CN1C(=O)[C@@H](C)S[C@@H]1c1ccco1. The largest absolute Gasteiger partial charge is 0.466 e. The number of rotatable bonds is 4. The van der Waals surface area contributed by atoms with E-state index in [1.54, 1.807) is 17.2 Å². The third kappa shape index (κ3) is 3.12. The molecule has 2 amide bonds. The van der Waals surface area contributed by atoms with Gasteiger partial charge < -0.3 is 14.6 Å². The zero-order chi connectivity index (χ0) is 14.0. The van der Waals surface area contributed by atoms with Gasteiger partial charge in [-0.15, -0.1) is 11.8 Å². The molecule has 5 nitrogen and oxygen atoms in total. The second-order valence-corrected chi connectivity index (χ2v) is 6.26. The first kappa shape index (κ1) is 14.0. The number of nitrogens with zero attached hydrogens (tertiary/aromatic N) is 1. The molecule has 0 bridgehead atoms. The molecule has 0 aromatic carbocycles. The molecule has 6 heteroatoms. The number of nitrogens with one attached hydrogen (secondary N) is 1. The highest BCUT2D eigenvalue weighted by Crippen LogP contribution is 2.42. The van der Waals surface area contributed by atoms with Crippen molar-refractivity contribution >= 4 is 23.6 Å². The summed E-state index contributed by atoms with van der Waals surface area (Å²) in [5.74, 6) is 0.542. The first-order valence-corrected chi connectivity index (χ1v) is 7.22. The van der Waals surface area contributed by atoms with Crippen LogP contribution in [0.2, 0.25) is 0 Å². The van der Waals surface area contributed by atoms with Crippen molar-refractivity contribution in [2.45, 2.75) is 37.4 Å². The number of carbonyl (C=O) groups excluding carboxylic acids is 2. The molecule has 2 rings (SSSR count). The zero-order valence-corrected chi connectivity index (χ0v) is 12.1. The van der Waals surface area contributed by atoms with Gasteiger partial charge in [-0.25, -0.2) is 0 Å². The van der Waals surface area contributed by atoms with E-state index in [1.807, 2.05) is 26.8 Å². The molecule has 0 spiro atoms. The number of hydrogen-bond acceptors (Lipinski definition) is 4. The van der Waals surface area contributed by atoms with Crippen LogP contribution in [0, 0.1) is 0 Å². The first-order valence-electron chi connectivity index (χ1n) is 6.27. The predicted molar refractivity (Wildman–Crippen MR) is 73.5 cm³/mol. The van der Waals surface area contributed by atoms with Crippen molar-refractivity contribution in [3.05, 3.63) is 24.2 Å². The Morgan fingerprint density at radius 1 is 1.58 bits per heavy atom. The maximum Gasteiger partial charge on any atom is 0.239 e. The van der Waals surface area contributed by atoms with E-state index in [-0.39, 0.29) is 35.0 Å². The molecule has 1 aliphatic heterocycles. The number of carbonyl (C=O) groups is 2. The molecule has 1 aromatic heterocycles. The molecular weight excluding hydrogens is 264 g/mol. The van der Waals surface area contributed by atoms with Gasteiger partial charge in [0.2, 0.25) is 11.8 Å². The van der Waals surface area contributed by atoms with Gasteiger partial charge in [-0.2, -0.15) is 0 Å². The number of hydrogen-bond donors (Lipinski definition) is 1. The molecule has 19 heavy (non-hydrogen) atoms. The highest BCUT2D eigenvalue weighted by molar-refractivity contribution is 8.01. The molecule has 1 aromatic rings. The third-order valence-corrected chi connectivity index (χ3v) is 4.15. The fourth-order valence-corrected chi connectivity index (χ4v) is 3.24. The van der Waals surface area contributed by atoms with Crippen LogP contribution in [0.1, 0.15) is 31.9 Å². The van der Waals surface area contributed by atoms with Gasteiger partial charge in [0.15, 0.2) is 0 Å². The van der Waals surface area contributed by atoms with Crippen molar-refractivity contribution in [3.63, 3.8) is 0 Å². The summed E-state index contributed by atoms with van der Waals surface area (Å²) in [6.45, 7) is 5.71. The van der Waals surface area contributed by atoms with Crippen LogP contribution in [0.5, 0.6) is 0 Å². The van der Waals surface area contributed by atoms with E-state index in [2.05, 4.69) is 5.32 Å². The molecule has 1 saturated heterocycles. The fraction of sp³-hybridized carbons (Fsp3) is 0.538. The Kier molecular flexibility index (Phi) is 4.19. The fourth-order valence-electron chi connectivity index (χ4n) is 2.01. The van der Waals surface area contributed by atoms with Crippen LogP contribution in [-0.4, -0.2) is 34.6 Å².